The van der Waals surface area contributed by atoms with Crippen LogP contribution in [0.4, 0.5) is 0 Å². The summed E-state index contributed by atoms with van der Waals surface area (Å²) in [6.07, 6.45) is -0.282. The molecule has 2 amide bonds. The quantitative estimate of drug-likeness (QED) is 0.513. The zero-order valence-corrected chi connectivity index (χ0v) is 9.88. The van der Waals surface area contributed by atoms with Crippen LogP contribution in [0.1, 0.15) is 23.3 Å². The molecular weight excluding hydrogens is 254 g/mol. The molecule has 1 atom stereocenters. The van der Waals surface area contributed by atoms with Crippen molar-refractivity contribution in [2.45, 2.75) is 18.9 Å². The van der Waals surface area contributed by atoms with Crippen LogP contribution in [0.25, 0.3) is 0 Å². The van der Waals surface area contributed by atoms with Crippen LogP contribution in [0.15, 0.2) is 23.0 Å². The van der Waals surface area contributed by atoms with Gasteiger partial charge >= 0.3 is 5.97 Å². The molecule has 0 aliphatic heterocycles. The Labute approximate surface area is 107 Å². The highest BCUT2D eigenvalue weighted by atomic mass is 16.4. The van der Waals surface area contributed by atoms with Crippen molar-refractivity contribution >= 4 is 17.8 Å². The molecule has 0 fully saturated rings. The van der Waals surface area contributed by atoms with Gasteiger partial charge in [0.05, 0.1) is 0 Å². The average Bonchev–Trinajstić information content (AvgIpc) is 2.33. The molecule has 19 heavy (non-hydrogen) atoms. The van der Waals surface area contributed by atoms with Gasteiger partial charge in [-0.3, -0.25) is 14.4 Å². The average molecular weight is 267 g/mol. The second-order valence-electron chi connectivity index (χ2n) is 3.80. The van der Waals surface area contributed by atoms with Crippen LogP contribution in [0.3, 0.4) is 0 Å². The van der Waals surface area contributed by atoms with Gasteiger partial charge in [-0.05, 0) is 12.5 Å². The summed E-state index contributed by atoms with van der Waals surface area (Å²) < 4.78 is 0. The molecular formula is C11H13N3O5. The van der Waals surface area contributed by atoms with Crippen molar-refractivity contribution in [3.05, 3.63) is 34.2 Å². The molecule has 102 valence electrons. The van der Waals surface area contributed by atoms with Gasteiger partial charge in [-0.15, -0.1) is 0 Å². The van der Waals surface area contributed by atoms with E-state index < -0.39 is 29.4 Å². The van der Waals surface area contributed by atoms with Crippen molar-refractivity contribution in [3.8, 4) is 0 Å². The molecule has 0 aromatic carbocycles. The third-order valence-electron chi connectivity index (χ3n) is 2.30. The SMILES string of the molecule is NC(=O)CCC(NC(=O)c1cccc(=O)[nH]1)C(=O)O. The molecule has 0 radical (unpaired) electrons. The monoisotopic (exact) mass is 267 g/mol. The summed E-state index contributed by atoms with van der Waals surface area (Å²) in [6, 6.07) is 2.68. The van der Waals surface area contributed by atoms with E-state index in [0.29, 0.717) is 0 Å². The number of primary amides is 1. The van der Waals surface area contributed by atoms with Crippen molar-refractivity contribution in [3.63, 3.8) is 0 Å². The number of aliphatic carboxylic acids is 1. The summed E-state index contributed by atoms with van der Waals surface area (Å²) in [4.78, 5) is 46.5. The number of carboxylic acid groups (broad SMARTS) is 1. The molecule has 1 aromatic rings. The van der Waals surface area contributed by atoms with Gasteiger partial charge in [-0.1, -0.05) is 6.07 Å². The number of carbonyl (C=O) groups excluding carboxylic acids is 2. The molecule has 8 heteroatoms. The van der Waals surface area contributed by atoms with Gasteiger partial charge in [-0.2, -0.15) is 0 Å². The van der Waals surface area contributed by atoms with E-state index in [2.05, 4.69) is 10.3 Å². The van der Waals surface area contributed by atoms with Gasteiger partial charge < -0.3 is 21.1 Å². The molecule has 1 heterocycles. The van der Waals surface area contributed by atoms with Crippen LogP contribution in [-0.2, 0) is 9.59 Å². The highest BCUT2D eigenvalue weighted by Gasteiger charge is 2.21. The van der Waals surface area contributed by atoms with Crippen molar-refractivity contribution in [2.24, 2.45) is 5.73 Å². The summed E-state index contributed by atoms with van der Waals surface area (Å²) in [5.74, 6) is -2.68. The Balaban J connectivity index is 2.74. The van der Waals surface area contributed by atoms with Gasteiger partial charge in [0, 0.05) is 12.5 Å². The van der Waals surface area contributed by atoms with Gasteiger partial charge in [0.2, 0.25) is 11.5 Å². The molecule has 0 bridgehead atoms. The number of rotatable bonds is 6. The molecule has 8 nitrogen and oxygen atoms in total. The lowest BCUT2D eigenvalue weighted by Crippen LogP contribution is -2.42. The van der Waals surface area contributed by atoms with Crippen molar-refractivity contribution < 1.29 is 19.5 Å². The minimum absolute atomic E-state index is 0.0576. The van der Waals surface area contributed by atoms with E-state index in [0.717, 1.165) is 0 Å². The lowest BCUT2D eigenvalue weighted by atomic mass is 10.1. The first-order valence-electron chi connectivity index (χ1n) is 5.41. The molecule has 0 aliphatic rings. The third kappa shape index (κ3) is 4.62. The predicted molar refractivity (Wildman–Crippen MR) is 64.4 cm³/mol. The van der Waals surface area contributed by atoms with E-state index in [9.17, 15) is 19.2 Å². The summed E-state index contributed by atoms with van der Waals surface area (Å²) >= 11 is 0. The highest BCUT2D eigenvalue weighted by Crippen LogP contribution is 1.99. The second-order valence-corrected chi connectivity index (χ2v) is 3.80. The number of nitrogens with two attached hydrogens (primary N) is 1. The Morgan fingerprint density at radius 2 is 2.05 bits per heavy atom. The Morgan fingerprint density at radius 1 is 1.37 bits per heavy atom. The van der Waals surface area contributed by atoms with E-state index in [1.54, 1.807) is 0 Å². The maximum atomic E-state index is 11.7. The van der Waals surface area contributed by atoms with Crippen LogP contribution in [-0.4, -0.2) is 33.9 Å². The molecule has 0 aliphatic carbocycles. The lowest BCUT2D eigenvalue weighted by molar-refractivity contribution is -0.139. The number of H-pyrrole nitrogens is 1. The normalized spacial score (nSPS) is 11.6. The Hall–Kier alpha value is -2.64. The van der Waals surface area contributed by atoms with Crippen LogP contribution in [0.2, 0.25) is 0 Å². The van der Waals surface area contributed by atoms with Crippen LogP contribution in [0.5, 0.6) is 0 Å². The summed E-state index contributed by atoms with van der Waals surface area (Å²) in [6.45, 7) is 0. The zero-order chi connectivity index (χ0) is 14.4. The fourth-order valence-corrected chi connectivity index (χ4v) is 1.36. The molecule has 1 aromatic heterocycles. The number of hydrogen-bond donors (Lipinski definition) is 4. The number of carbonyl (C=O) groups is 3. The lowest BCUT2D eigenvalue weighted by Gasteiger charge is -2.13. The predicted octanol–water partition coefficient (Wildman–Crippen LogP) is -1.18. The largest absolute Gasteiger partial charge is 0.480 e. The Bertz CT molecular complexity index is 551. The number of nitrogens with one attached hydrogen (secondary N) is 2. The first kappa shape index (κ1) is 14.4. The minimum Gasteiger partial charge on any atom is -0.480 e. The molecule has 1 rings (SSSR count). The Kier molecular flexibility index (Phi) is 4.81. The molecule has 0 saturated heterocycles. The smallest absolute Gasteiger partial charge is 0.326 e. The minimum atomic E-state index is -1.28. The fourth-order valence-electron chi connectivity index (χ4n) is 1.36. The maximum absolute atomic E-state index is 11.7. The summed E-state index contributed by atoms with van der Waals surface area (Å²) in [7, 11) is 0. The molecule has 0 spiro atoms. The van der Waals surface area contributed by atoms with Crippen LogP contribution in [0, 0.1) is 0 Å². The topological polar surface area (TPSA) is 142 Å². The first-order valence-corrected chi connectivity index (χ1v) is 5.41. The number of aromatic amines is 1. The summed E-state index contributed by atoms with van der Waals surface area (Å²) in [5.41, 5.74) is 4.38. The molecule has 0 saturated carbocycles. The highest BCUT2D eigenvalue weighted by molar-refractivity contribution is 5.95. The van der Waals surface area contributed by atoms with Crippen molar-refractivity contribution in [1.29, 1.82) is 0 Å². The van der Waals surface area contributed by atoms with Crippen molar-refractivity contribution in [2.75, 3.05) is 0 Å². The van der Waals surface area contributed by atoms with Gasteiger partial charge in [0.1, 0.15) is 11.7 Å². The van der Waals surface area contributed by atoms with Gasteiger partial charge in [-0.25, -0.2) is 4.79 Å². The first-order chi connectivity index (χ1) is 8.90. The van der Waals surface area contributed by atoms with E-state index >= 15 is 0 Å². The van der Waals surface area contributed by atoms with Crippen molar-refractivity contribution in [1.82, 2.24) is 10.3 Å². The second kappa shape index (κ2) is 6.34. The molecule has 5 N–H and O–H groups in total. The van der Waals surface area contributed by atoms with E-state index in [1.807, 2.05) is 0 Å². The number of carboxylic acids is 1. The van der Waals surface area contributed by atoms with Crippen LogP contribution >= 0.6 is 0 Å². The maximum Gasteiger partial charge on any atom is 0.326 e. The number of aromatic nitrogens is 1. The zero-order valence-electron chi connectivity index (χ0n) is 9.88. The van der Waals surface area contributed by atoms with E-state index in [4.69, 9.17) is 10.8 Å². The van der Waals surface area contributed by atoms with Gasteiger partial charge in [0.15, 0.2) is 0 Å². The van der Waals surface area contributed by atoms with Gasteiger partial charge in [0.25, 0.3) is 5.91 Å². The molecule has 1 unspecified atom stereocenters. The number of hydrogen-bond acceptors (Lipinski definition) is 4. The number of amides is 2. The standard InChI is InChI=1S/C11H13N3O5/c12-8(15)5-4-7(11(18)19)14-10(17)6-2-1-3-9(16)13-6/h1-3,7H,4-5H2,(H2,12,15)(H,13,16)(H,14,17)(H,18,19). The van der Waals surface area contributed by atoms with E-state index in [-0.39, 0.29) is 18.5 Å². The third-order valence-corrected chi connectivity index (χ3v) is 2.30. The van der Waals surface area contributed by atoms with Crippen LogP contribution < -0.4 is 16.6 Å². The van der Waals surface area contributed by atoms with E-state index in [1.165, 1.54) is 18.2 Å². The fraction of sp³-hybridized carbons (Fsp3) is 0.273. The number of pyridine rings is 1. The Morgan fingerprint density at radius 3 is 2.58 bits per heavy atom. The summed E-state index contributed by atoms with van der Waals surface area (Å²) in [5, 5.41) is 11.1.